The minimum Gasteiger partial charge on any atom is -0.507 e. The van der Waals surface area contributed by atoms with E-state index in [1.165, 1.54) is 57.7 Å². The summed E-state index contributed by atoms with van der Waals surface area (Å²) in [6, 6.07) is 22.5. The van der Waals surface area contributed by atoms with E-state index in [4.69, 9.17) is 35.9 Å². The molecule has 49 heavy (non-hydrogen) atoms. The van der Waals surface area contributed by atoms with E-state index in [9.17, 15) is 19.5 Å². The lowest BCUT2D eigenvalue weighted by Gasteiger charge is -2.04. The molecule has 0 bridgehead atoms. The van der Waals surface area contributed by atoms with E-state index in [0.717, 1.165) is 17.0 Å². The van der Waals surface area contributed by atoms with Crippen LogP contribution in [0.2, 0.25) is 0 Å². The summed E-state index contributed by atoms with van der Waals surface area (Å²) >= 11 is 5.30. The first-order valence-corrected chi connectivity index (χ1v) is 15.7. The standard InChI is InChI=1S/C10H9NO3.C9H8BrNO.C8H7IO3.C7H7NO3/c1-13-9-5-7(10(12)14-2)3-4-8(9)6-11;1-12-9-4-7(5-10)2-3-8(9)6-11;1-12-8(11)5-2-3-6(9)7(10)4-5;8-5-2-1-4(7(10)11)3-6(5)9/h3-5H,1-2H3;2-4H,5H2,1H3;2-4,10H,1H3;1-3,9H,8H2,(H,10,11). The highest BCUT2D eigenvalue weighted by Gasteiger charge is 2.10. The first kappa shape index (κ1) is 41.5. The zero-order valence-electron chi connectivity index (χ0n) is 26.6. The van der Waals surface area contributed by atoms with Crippen molar-refractivity contribution in [1.82, 2.24) is 0 Å². The second kappa shape index (κ2) is 21.4. The van der Waals surface area contributed by atoms with Gasteiger partial charge in [0.15, 0.2) is 0 Å². The summed E-state index contributed by atoms with van der Waals surface area (Å²) in [4.78, 5) is 32.4. The molecule has 0 amide bonds. The van der Waals surface area contributed by atoms with Crippen molar-refractivity contribution in [3.63, 3.8) is 0 Å². The quantitative estimate of drug-likeness (QED) is 0.0553. The molecule has 256 valence electrons. The third-order valence-electron chi connectivity index (χ3n) is 5.93. The van der Waals surface area contributed by atoms with E-state index in [0.29, 0.717) is 37.3 Å². The fraction of sp³-hybridized carbons (Fsp3) is 0.147. The first-order chi connectivity index (χ1) is 23.3. The average Bonchev–Trinajstić information content (AvgIpc) is 3.13. The predicted molar refractivity (Wildman–Crippen MR) is 191 cm³/mol. The maximum atomic E-state index is 11.1. The van der Waals surface area contributed by atoms with E-state index in [2.05, 4.69) is 31.5 Å². The van der Waals surface area contributed by atoms with Crippen LogP contribution in [-0.2, 0) is 14.8 Å². The van der Waals surface area contributed by atoms with Crippen molar-refractivity contribution >= 4 is 62.1 Å². The number of phenols is 2. The Kier molecular flexibility index (Phi) is 18.1. The van der Waals surface area contributed by atoms with E-state index < -0.39 is 17.9 Å². The SMILES string of the molecule is COC(=O)c1ccc(C#N)c(OC)c1.COC(=O)c1ccc(I)c(O)c1.COc1cc(CBr)ccc1C#N.Nc1ccc(C(=O)O)cc1O. The van der Waals surface area contributed by atoms with Gasteiger partial charge in [-0.25, -0.2) is 14.4 Å². The second-order valence-corrected chi connectivity index (χ2v) is 10.8. The van der Waals surface area contributed by atoms with Crippen molar-refractivity contribution < 1.29 is 48.7 Å². The molecule has 4 aromatic rings. The number of anilines is 1. The number of nitrogens with zero attached hydrogens (tertiary/aromatic N) is 2. The fourth-order valence-corrected chi connectivity index (χ4v) is 4.06. The molecule has 0 radical (unpaired) electrons. The Morgan fingerprint density at radius 3 is 1.65 bits per heavy atom. The van der Waals surface area contributed by atoms with Crippen LogP contribution in [0.3, 0.4) is 0 Å². The Hall–Kier alpha value is -5.52. The van der Waals surface area contributed by atoms with E-state index >= 15 is 0 Å². The number of alkyl halides is 1. The Balaban J connectivity index is 0.000000328. The highest BCUT2D eigenvalue weighted by atomic mass is 127. The number of hydrogen-bond donors (Lipinski definition) is 4. The smallest absolute Gasteiger partial charge is 0.337 e. The highest BCUT2D eigenvalue weighted by Crippen LogP contribution is 2.22. The van der Waals surface area contributed by atoms with Crippen molar-refractivity contribution in [3.8, 4) is 35.1 Å². The molecule has 4 rings (SSSR count). The van der Waals surface area contributed by atoms with Crippen molar-refractivity contribution in [2.24, 2.45) is 0 Å². The first-order valence-electron chi connectivity index (χ1n) is 13.5. The van der Waals surface area contributed by atoms with Gasteiger partial charge in [-0.1, -0.05) is 22.0 Å². The van der Waals surface area contributed by atoms with Crippen LogP contribution in [0.4, 0.5) is 5.69 Å². The van der Waals surface area contributed by atoms with Crippen LogP contribution in [0.1, 0.15) is 47.8 Å². The number of nitrogens with two attached hydrogens (primary N) is 1. The normalized spacial score (nSPS) is 9.22. The molecule has 0 aromatic heterocycles. The van der Waals surface area contributed by atoms with Gasteiger partial charge in [-0.2, -0.15) is 10.5 Å². The van der Waals surface area contributed by atoms with Crippen LogP contribution in [0, 0.1) is 26.2 Å². The Morgan fingerprint density at radius 2 is 1.20 bits per heavy atom. The summed E-state index contributed by atoms with van der Waals surface area (Å²) in [5, 5.41) is 44.8. The predicted octanol–water partition coefficient (Wildman–Crippen LogP) is 6.27. The van der Waals surface area contributed by atoms with Gasteiger partial charge in [-0.05, 0) is 94.9 Å². The molecule has 0 aliphatic carbocycles. The number of esters is 2. The molecular weight excluding hydrogens is 817 g/mol. The van der Waals surface area contributed by atoms with Gasteiger partial charge >= 0.3 is 17.9 Å². The molecule has 15 heteroatoms. The molecular formula is C34H31BrIN3O10. The molecule has 0 spiro atoms. The van der Waals surface area contributed by atoms with E-state index in [1.807, 2.05) is 40.8 Å². The molecule has 13 nitrogen and oxygen atoms in total. The van der Waals surface area contributed by atoms with Gasteiger partial charge in [0, 0.05) is 5.33 Å². The molecule has 0 atom stereocenters. The minimum atomic E-state index is -1.08. The molecule has 0 unspecified atom stereocenters. The summed E-state index contributed by atoms with van der Waals surface area (Å²) in [7, 11) is 5.61. The van der Waals surface area contributed by atoms with Gasteiger partial charge in [0.1, 0.15) is 35.1 Å². The van der Waals surface area contributed by atoms with Gasteiger partial charge in [-0.3, -0.25) is 0 Å². The number of ether oxygens (including phenoxy) is 4. The van der Waals surface area contributed by atoms with E-state index in [1.54, 1.807) is 25.3 Å². The highest BCUT2D eigenvalue weighted by molar-refractivity contribution is 14.1. The lowest BCUT2D eigenvalue weighted by atomic mass is 10.1. The van der Waals surface area contributed by atoms with Gasteiger partial charge in [-0.15, -0.1) is 0 Å². The molecule has 0 heterocycles. The van der Waals surface area contributed by atoms with Crippen LogP contribution in [0.25, 0.3) is 0 Å². The zero-order chi connectivity index (χ0) is 37.1. The number of carboxylic acid groups (broad SMARTS) is 1. The number of nitriles is 2. The number of carbonyl (C=O) groups excluding carboxylic acids is 2. The largest absolute Gasteiger partial charge is 0.507 e. The monoisotopic (exact) mass is 847 g/mol. The van der Waals surface area contributed by atoms with Crippen LogP contribution in [-0.4, -0.2) is 61.7 Å². The van der Waals surface area contributed by atoms with Crippen LogP contribution in [0.5, 0.6) is 23.0 Å². The number of rotatable bonds is 6. The van der Waals surface area contributed by atoms with Crippen LogP contribution >= 0.6 is 38.5 Å². The topological polar surface area (TPSA) is 222 Å². The van der Waals surface area contributed by atoms with E-state index in [-0.39, 0.29) is 22.7 Å². The summed E-state index contributed by atoms with van der Waals surface area (Å²) < 4.78 is 19.7. The van der Waals surface area contributed by atoms with Crippen LogP contribution in [0.15, 0.2) is 72.8 Å². The molecule has 0 saturated carbocycles. The maximum absolute atomic E-state index is 11.1. The number of phenolic OH excluding ortho intramolecular Hbond substituents is 2. The van der Waals surface area contributed by atoms with Crippen molar-refractivity contribution in [1.29, 1.82) is 10.5 Å². The maximum Gasteiger partial charge on any atom is 0.337 e. The lowest BCUT2D eigenvalue weighted by molar-refractivity contribution is 0.0591. The molecule has 0 aliphatic heterocycles. The number of aromatic carboxylic acids is 1. The number of methoxy groups -OCH3 is 4. The number of carboxylic acids is 1. The lowest BCUT2D eigenvalue weighted by Crippen LogP contribution is -2.01. The number of hydrogen-bond acceptors (Lipinski definition) is 12. The van der Waals surface area contributed by atoms with Crippen molar-refractivity contribution in [2.75, 3.05) is 34.2 Å². The van der Waals surface area contributed by atoms with Gasteiger partial charge in [0.05, 0.1) is 65.5 Å². The number of halogens is 2. The van der Waals surface area contributed by atoms with Gasteiger partial charge in [0.25, 0.3) is 0 Å². The molecule has 0 fully saturated rings. The van der Waals surface area contributed by atoms with Gasteiger partial charge < -0.3 is 40.0 Å². The average molecular weight is 848 g/mol. The summed E-state index contributed by atoms with van der Waals surface area (Å²) in [6.07, 6.45) is 0. The third-order valence-corrected chi connectivity index (χ3v) is 7.49. The summed E-state index contributed by atoms with van der Waals surface area (Å²) in [5.74, 6) is -1.08. The minimum absolute atomic E-state index is 0.0247. The molecule has 5 N–H and O–H groups in total. The zero-order valence-corrected chi connectivity index (χ0v) is 30.3. The Labute approximate surface area is 304 Å². The van der Waals surface area contributed by atoms with Crippen molar-refractivity contribution in [2.45, 2.75) is 5.33 Å². The molecule has 4 aromatic carbocycles. The summed E-state index contributed by atoms with van der Waals surface area (Å²) in [5.41, 5.74) is 8.23. The third kappa shape index (κ3) is 13.3. The Bertz CT molecular complexity index is 1860. The van der Waals surface area contributed by atoms with Gasteiger partial charge in [0.2, 0.25) is 0 Å². The number of nitrogen functional groups attached to an aromatic ring is 1. The second-order valence-electron chi connectivity index (χ2n) is 9.04. The van der Waals surface area contributed by atoms with Crippen molar-refractivity contribution in [3.05, 3.63) is 110 Å². The van der Waals surface area contributed by atoms with Crippen LogP contribution < -0.4 is 15.2 Å². The fourth-order valence-electron chi connectivity index (χ4n) is 3.37. The number of benzene rings is 4. The molecule has 0 saturated heterocycles. The molecule has 0 aliphatic rings. The number of carbonyl (C=O) groups is 3. The Morgan fingerprint density at radius 1 is 0.735 bits per heavy atom. The summed E-state index contributed by atoms with van der Waals surface area (Å²) in [6.45, 7) is 0. The number of aromatic hydroxyl groups is 2.